The number of carbonyl (C=O) groups excluding carboxylic acids is 1. The Hall–Kier alpha value is -3.55. The van der Waals surface area contributed by atoms with Crippen molar-refractivity contribution in [2.45, 2.75) is 19.8 Å². The zero-order chi connectivity index (χ0) is 18.8. The second kappa shape index (κ2) is 6.99. The average molecular weight is 362 g/mol. The molecule has 0 radical (unpaired) electrons. The Kier molecular flexibility index (Phi) is 4.37. The first-order valence-electron chi connectivity index (χ1n) is 8.69. The molecule has 4 rings (SSSR count). The van der Waals surface area contributed by atoms with Crippen molar-refractivity contribution in [3.05, 3.63) is 53.1 Å². The molecule has 4 aromatic rings. The van der Waals surface area contributed by atoms with Crippen LogP contribution >= 0.6 is 0 Å². The molecule has 136 valence electrons. The van der Waals surface area contributed by atoms with Gasteiger partial charge in [-0.15, -0.1) is 0 Å². The quantitative estimate of drug-likeness (QED) is 0.510. The Labute approximate surface area is 154 Å². The molecule has 0 bridgehead atoms. The maximum atomic E-state index is 13.0. The van der Waals surface area contributed by atoms with Crippen molar-refractivity contribution in [3.63, 3.8) is 0 Å². The van der Waals surface area contributed by atoms with E-state index in [0.29, 0.717) is 47.3 Å². The molecule has 0 fully saturated rings. The molecule has 8 heteroatoms. The topological polar surface area (TPSA) is 106 Å². The number of pyridine rings is 1. The third-order valence-electron chi connectivity index (χ3n) is 4.33. The van der Waals surface area contributed by atoms with Crippen molar-refractivity contribution < 1.29 is 4.79 Å². The van der Waals surface area contributed by atoms with Gasteiger partial charge in [0, 0.05) is 19.2 Å². The van der Waals surface area contributed by atoms with Crippen molar-refractivity contribution in [3.8, 4) is 5.69 Å². The SMILES string of the molecule is CC(=O)CCCNc1ncc2c3[nH]ncc3c(=O)n(-c3ccccc3)c2n1. The minimum absolute atomic E-state index is 0.149. The summed E-state index contributed by atoms with van der Waals surface area (Å²) in [7, 11) is 0. The van der Waals surface area contributed by atoms with E-state index in [4.69, 9.17) is 0 Å². The first-order chi connectivity index (χ1) is 13.1. The Morgan fingerprint density at radius 1 is 1.19 bits per heavy atom. The number of nitrogens with zero attached hydrogens (tertiary/aromatic N) is 4. The number of anilines is 1. The number of fused-ring (bicyclic) bond motifs is 3. The lowest BCUT2D eigenvalue weighted by Crippen LogP contribution is -2.20. The second-order valence-corrected chi connectivity index (χ2v) is 6.30. The number of rotatable bonds is 6. The molecule has 0 saturated carbocycles. The Balaban J connectivity index is 1.85. The molecule has 27 heavy (non-hydrogen) atoms. The number of ketones is 1. The van der Waals surface area contributed by atoms with Crippen LogP contribution in [-0.4, -0.2) is 37.1 Å². The first-order valence-corrected chi connectivity index (χ1v) is 8.69. The predicted octanol–water partition coefficient (Wildman–Crippen LogP) is 2.44. The highest BCUT2D eigenvalue weighted by Crippen LogP contribution is 2.22. The number of aromatic amines is 1. The number of H-pyrrole nitrogens is 1. The van der Waals surface area contributed by atoms with Gasteiger partial charge in [-0.25, -0.2) is 4.98 Å². The summed E-state index contributed by atoms with van der Waals surface area (Å²) >= 11 is 0. The normalized spacial score (nSPS) is 11.1. The molecule has 0 spiro atoms. The molecule has 0 saturated heterocycles. The van der Waals surface area contributed by atoms with Crippen molar-refractivity contribution in [1.29, 1.82) is 0 Å². The second-order valence-electron chi connectivity index (χ2n) is 6.30. The maximum absolute atomic E-state index is 13.0. The van der Waals surface area contributed by atoms with Crippen LogP contribution in [0.4, 0.5) is 5.95 Å². The fraction of sp³-hybridized carbons (Fsp3) is 0.211. The highest BCUT2D eigenvalue weighted by Gasteiger charge is 2.16. The number of Topliss-reactive ketones (excluding diaryl/α,β-unsaturated/α-hetero) is 1. The van der Waals surface area contributed by atoms with Gasteiger partial charge in [-0.3, -0.25) is 14.5 Å². The van der Waals surface area contributed by atoms with E-state index in [0.717, 1.165) is 5.69 Å². The average Bonchev–Trinajstić information content (AvgIpc) is 3.16. The number of para-hydroxylation sites is 1. The molecule has 1 aromatic carbocycles. The lowest BCUT2D eigenvalue weighted by Gasteiger charge is -2.12. The molecule has 3 heterocycles. The summed E-state index contributed by atoms with van der Waals surface area (Å²) in [4.78, 5) is 33.0. The molecular weight excluding hydrogens is 344 g/mol. The smallest absolute Gasteiger partial charge is 0.267 e. The van der Waals surface area contributed by atoms with Gasteiger partial charge in [0.25, 0.3) is 5.56 Å². The summed E-state index contributed by atoms with van der Waals surface area (Å²) in [6.07, 6.45) is 4.39. The summed E-state index contributed by atoms with van der Waals surface area (Å²) in [5, 5.41) is 11.2. The van der Waals surface area contributed by atoms with E-state index in [1.165, 1.54) is 6.20 Å². The number of carbonyl (C=O) groups is 1. The van der Waals surface area contributed by atoms with Crippen LogP contribution in [0, 0.1) is 0 Å². The minimum Gasteiger partial charge on any atom is -0.354 e. The zero-order valence-electron chi connectivity index (χ0n) is 14.8. The first kappa shape index (κ1) is 16.9. The molecule has 0 atom stereocenters. The lowest BCUT2D eigenvalue weighted by molar-refractivity contribution is -0.117. The monoisotopic (exact) mass is 362 g/mol. The van der Waals surface area contributed by atoms with Crippen LogP contribution < -0.4 is 10.9 Å². The zero-order valence-corrected chi connectivity index (χ0v) is 14.8. The van der Waals surface area contributed by atoms with Gasteiger partial charge < -0.3 is 10.1 Å². The number of hydrogen-bond acceptors (Lipinski definition) is 6. The summed E-state index contributed by atoms with van der Waals surface area (Å²) < 4.78 is 1.57. The van der Waals surface area contributed by atoms with Gasteiger partial charge in [-0.1, -0.05) is 18.2 Å². The van der Waals surface area contributed by atoms with Gasteiger partial charge in [-0.2, -0.15) is 10.1 Å². The minimum atomic E-state index is -0.196. The van der Waals surface area contributed by atoms with Crippen LogP contribution in [0.3, 0.4) is 0 Å². The summed E-state index contributed by atoms with van der Waals surface area (Å²) in [6.45, 7) is 2.15. The highest BCUT2D eigenvalue weighted by molar-refractivity contribution is 6.02. The van der Waals surface area contributed by atoms with Gasteiger partial charge in [0.05, 0.1) is 28.2 Å². The fourth-order valence-corrected chi connectivity index (χ4v) is 3.03. The summed E-state index contributed by atoms with van der Waals surface area (Å²) in [5.41, 5.74) is 1.63. The Bertz CT molecular complexity index is 1180. The molecule has 0 aliphatic heterocycles. The van der Waals surface area contributed by atoms with E-state index < -0.39 is 0 Å². The molecule has 3 aromatic heterocycles. The number of hydrogen-bond donors (Lipinski definition) is 2. The molecule has 0 aliphatic carbocycles. The van der Waals surface area contributed by atoms with E-state index in [1.807, 2.05) is 30.3 Å². The molecule has 8 nitrogen and oxygen atoms in total. The van der Waals surface area contributed by atoms with E-state index in [2.05, 4.69) is 25.5 Å². The summed E-state index contributed by atoms with van der Waals surface area (Å²) in [5.74, 6) is 0.560. The number of aromatic nitrogens is 5. The van der Waals surface area contributed by atoms with Gasteiger partial charge in [0.2, 0.25) is 5.95 Å². The third kappa shape index (κ3) is 3.17. The molecule has 0 amide bonds. The highest BCUT2D eigenvalue weighted by atomic mass is 16.1. The largest absolute Gasteiger partial charge is 0.354 e. The Morgan fingerprint density at radius 3 is 2.78 bits per heavy atom. The van der Waals surface area contributed by atoms with Crippen molar-refractivity contribution in [2.75, 3.05) is 11.9 Å². The van der Waals surface area contributed by atoms with Crippen LogP contribution in [0.2, 0.25) is 0 Å². The van der Waals surface area contributed by atoms with Crippen LogP contribution in [-0.2, 0) is 4.79 Å². The Morgan fingerprint density at radius 2 is 2.00 bits per heavy atom. The third-order valence-corrected chi connectivity index (χ3v) is 4.33. The van der Waals surface area contributed by atoms with Crippen molar-refractivity contribution >= 4 is 33.7 Å². The summed E-state index contributed by atoms with van der Waals surface area (Å²) in [6, 6.07) is 9.35. The predicted molar refractivity (Wildman–Crippen MR) is 103 cm³/mol. The van der Waals surface area contributed by atoms with Crippen LogP contribution in [0.25, 0.3) is 27.6 Å². The van der Waals surface area contributed by atoms with E-state index in [9.17, 15) is 9.59 Å². The van der Waals surface area contributed by atoms with Gasteiger partial charge in [0.1, 0.15) is 5.78 Å². The molecule has 0 unspecified atom stereocenters. The van der Waals surface area contributed by atoms with E-state index in [-0.39, 0.29) is 11.3 Å². The number of benzene rings is 1. The van der Waals surface area contributed by atoms with Crippen LogP contribution in [0.15, 0.2) is 47.5 Å². The molecule has 0 aliphatic rings. The van der Waals surface area contributed by atoms with Gasteiger partial charge in [0.15, 0.2) is 5.65 Å². The van der Waals surface area contributed by atoms with Gasteiger partial charge >= 0.3 is 0 Å². The van der Waals surface area contributed by atoms with E-state index >= 15 is 0 Å². The van der Waals surface area contributed by atoms with Gasteiger partial charge in [-0.05, 0) is 25.5 Å². The standard InChI is InChI=1S/C19H18N6O2/c1-12(26)6-5-9-20-19-21-10-14-16-15(11-22-24-16)18(27)25(17(14)23-19)13-7-3-2-4-8-13/h2-4,7-8,10-11H,5-6,9H2,1H3,(H,22,24)(H,20,21,23). The van der Waals surface area contributed by atoms with Crippen LogP contribution in [0.5, 0.6) is 0 Å². The van der Waals surface area contributed by atoms with Crippen LogP contribution in [0.1, 0.15) is 19.8 Å². The lowest BCUT2D eigenvalue weighted by atomic mass is 10.2. The number of nitrogens with one attached hydrogen (secondary N) is 2. The van der Waals surface area contributed by atoms with E-state index in [1.54, 1.807) is 17.7 Å². The fourth-order valence-electron chi connectivity index (χ4n) is 3.03. The molecule has 2 N–H and O–H groups in total. The molecular formula is C19H18N6O2. The maximum Gasteiger partial charge on any atom is 0.267 e. The van der Waals surface area contributed by atoms with Crippen molar-refractivity contribution in [1.82, 2.24) is 24.7 Å². The van der Waals surface area contributed by atoms with Crippen molar-refractivity contribution in [2.24, 2.45) is 0 Å².